The van der Waals surface area contributed by atoms with E-state index in [1.807, 2.05) is 19.9 Å². The predicted molar refractivity (Wildman–Crippen MR) is 51.6 cm³/mol. The summed E-state index contributed by atoms with van der Waals surface area (Å²) < 4.78 is 0. The lowest BCUT2D eigenvalue weighted by Crippen LogP contribution is -2.09. The van der Waals surface area contributed by atoms with Crippen LogP contribution in [-0.4, -0.2) is 11.1 Å². The molecule has 1 rings (SSSR count). The van der Waals surface area contributed by atoms with Crippen LogP contribution in [0.15, 0.2) is 18.2 Å². The Hall–Kier alpha value is -1.69. The first-order valence-corrected chi connectivity index (χ1v) is 4.13. The topological polar surface area (TPSA) is 56.0 Å². The molecule has 0 aliphatic carbocycles. The van der Waals surface area contributed by atoms with Crippen LogP contribution < -0.4 is 5.32 Å². The average molecular weight is 176 g/mol. The second-order valence-corrected chi connectivity index (χ2v) is 3.14. The van der Waals surface area contributed by atoms with Crippen molar-refractivity contribution >= 4 is 5.69 Å². The van der Waals surface area contributed by atoms with Crippen molar-refractivity contribution in [1.29, 1.82) is 5.26 Å². The van der Waals surface area contributed by atoms with Gasteiger partial charge in [-0.05, 0) is 32.0 Å². The zero-order valence-electron chi connectivity index (χ0n) is 7.70. The van der Waals surface area contributed by atoms with E-state index in [-0.39, 0.29) is 11.8 Å². The Kier molecular flexibility index (Phi) is 2.76. The molecule has 13 heavy (non-hydrogen) atoms. The molecule has 0 radical (unpaired) electrons. The molecule has 1 aromatic carbocycles. The molecule has 3 nitrogen and oxygen atoms in total. The summed E-state index contributed by atoms with van der Waals surface area (Å²) in [5.74, 6) is 0.174. The number of benzene rings is 1. The first-order valence-electron chi connectivity index (χ1n) is 4.13. The standard InChI is InChI=1S/C10H12N2O/c1-7(2)12-9-5-8(6-11)3-4-10(9)13/h3-5,7,12-13H,1-2H3. The molecule has 1 aromatic rings. The van der Waals surface area contributed by atoms with Crippen LogP contribution >= 0.6 is 0 Å². The summed E-state index contributed by atoms with van der Waals surface area (Å²) in [4.78, 5) is 0. The minimum absolute atomic E-state index is 0.174. The van der Waals surface area contributed by atoms with Crippen LogP contribution in [0.25, 0.3) is 0 Å². The van der Waals surface area contributed by atoms with Gasteiger partial charge in [-0.2, -0.15) is 5.26 Å². The van der Waals surface area contributed by atoms with E-state index in [1.165, 1.54) is 6.07 Å². The summed E-state index contributed by atoms with van der Waals surface area (Å²) in [6, 6.07) is 6.99. The van der Waals surface area contributed by atoms with Crippen LogP contribution in [0.3, 0.4) is 0 Å². The fourth-order valence-corrected chi connectivity index (χ4v) is 1.03. The van der Waals surface area contributed by atoms with Gasteiger partial charge in [0.15, 0.2) is 0 Å². The predicted octanol–water partition coefficient (Wildman–Crippen LogP) is 2.08. The normalized spacial score (nSPS) is 9.69. The Balaban J connectivity index is 2.99. The molecule has 0 heterocycles. The molecule has 0 fully saturated rings. The highest BCUT2D eigenvalue weighted by Crippen LogP contribution is 2.24. The number of nitrogens with zero attached hydrogens (tertiary/aromatic N) is 1. The summed E-state index contributed by atoms with van der Waals surface area (Å²) in [6.07, 6.45) is 0. The summed E-state index contributed by atoms with van der Waals surface area (Å²) in [5.41, 5.74) is 1.15. The second-order valence-electron chi connectivity index (χ2n) is 3.14. The van der Waals surface area contributed by atoms with Crippen molar-refractivity contribution in [3.8, 4) is 11.8 Å². The van der Waals surface area contributed by atoms with Crippen molar-refractivity contribution < 1.29 is 5.11 Å². The Bertz CT molecular complexity index is 339. The lowest BCUT2D eigenvalue weighted by molar-refractivity contribution is 0.476. The fourth-order valence-electron chi connectivity index (χ4n) is 1.03. The minimum Gasteiger partial charge on any atom is -0.506 e. The number of rotatable bonds is 2. The Morgan fingerprint density at radius 1 is 1.46 bits per heavy atom. The molecular weight excluding hydrogens is 164 g/mol. The maximum absolute atomic E-state index is 9.41. The number of anilines is 1. The van der Waals surface area contributed by atoms with E-state index >= 15 is 0 Å². The summed E-state index contributed by atoms with van der Waals surface area (Å²) in [7, 11) is 0. The van der Waals surface area contributed by atoms with Gasteiger partial charge >= 0.3 is 0 Å². The minimum atomic E-state index is 0.174. The van der Waals surface area contributed by atoms with Crippen molar-refractivity contribution in [2.75, 3.05) is 5.32 Å². The van der Waals surface area contributed by atoms with E-state index < -0.39 is 0 Å². The monoisotopic (exact) mass is 176 g/mol. The van der Waals surface area contributed by atoms with Gasteiger partial charge in [0.05, 0.1) is 17.3 Å². The van der Waals surface area contributed by atoms with Gasteiger partial charge in [-0.25, -0.2) is 0 Å². The van der Waals surface area contributed by atoms with Gasteiger partial charge in [0.1, 0.15) is 5.75 Å². The molecule has 0 atom stereocenters. The van der Waals surface area contributed by atoms with Crippen molar-refractivity contribution in [3.63, 3.8) is 0 Å². The van der Waals surface area contributed by atoms with Gasteiger partial charge in [-0.3, -0.25) is 0 Å². The molecule has 2 N–H and O–H groups in total. The molecule has 0 spiro atoms. The SMILES string of the molecule is CC(C)Nc1cc(C#N)ccc1O. The molecule has 0 aromatic heterocycles. The lowest BCUT2D eigenvalue weighted by Gasteiger charge is -2.11. The van der Waals surface area contributed by atoms with Crippen LogP contribution in [-0.2, 0) is 0 Å². The van der Waals surface area contributed by atoms with Crippen molar-refractivity contribution in [2.24, 2.45) is 0 Å². The summed E-state index contributed by atoms with van der Waals surface area (Å²) >= 11 is 0. The smallest absolute Gasteiger partial charge is 0.138 e. The van der Waals surface area contributed by atoms with Gasteiger partial charge < -0.3 is 10.4 Å². The summed E-state index contributed by atoms with van der Waals surface area (Å²) in [5, 5.41) is 21.1. The highest BCUT2D eigenvalue weighted by Gasteiger charge is 2.02. The van der Waals surface area contributed by atoms with Crippen molar-refractivity contribution in [2.45, 2.75) is 19.9 Å². The maximum atomic E-state index is 9.41. The third kappa shape index (κ3) is 2.38. The molecule has 0 bridgehead atoms. The van der Waals surface area contributed by atoms with Crippen LogP contribution in [0.4, 0.5) is 5.69 Å². The number of aromatic hydroxyl groups is 1. The molecule has 0 unspecified atom stereocenters. The quantitative estimate of drug-likeness (QED) is 0.678. The largest absolute Gasteiger partial charge is 0.506 e. The number of phenolic OH excluding ortho intramolecular Hbond substituents is 1. The number of hydrogen-bond acceptors (Lipinski definition) is 3. The molecular formula is C10H12N2O. The number of hydrogen-bond donors (Lipinski definition) is 2. The van der Waals surface area contributed by atoms with Crippen LogP contribution in [0, 0.1) is 11.3 Å². The average Bonchev–Trinajstić information content (AvgIpc) is 2.08. The van der Waals surface area contributed by atoms with Crippen LogP contribution in [0.5, 0.6) is 5.75 Å². The molecule has 0 aliphatic heterocycles. The highest BCUT2D eigenvalue weighted by molar-refractivity contribution is 5.59. The number of phenols is 1. The Labute approximate surface area is 77.6 Å². The van der Waals surface area contributed by atoms with Gasteiger partial charge in [-0.15, -0.1) is 0 Å². The van der Waals surface area contributed by atoms with Crippen LogP contribution in [0.1, 0.15) is 19.4 Å². The maximum Gasteiger partial charge on any atom is 0.138 e. The molecule has 0 saturated heterocycles. The lowest BCUT2D eigenvalue weighted by atomic mass is 10.2. The number of nitriles is 1. The molecule has 0 amide bonds. The molecule has 3 heteroatoms. The third-order valence-electron chi connectivity index (χ3n) is 1.57. The van der Waals surface area contributed by atoms with Gasteiger partial charge in [-0.1, -0.05) is 0 Å². The van der Waals surface area contributed by atoms with E-state index in [2.05, 4.69) is 5.32 Å². The van der Waals surface area contributed by atoms with E-state index in [0.29, 0.717) is 11.3 Å². The summed E-state index contributed by atoms with van der Waals surface area (Å²) in [6.45, 7) is 3.94. The second kappa shape index (κ2) is 3.81. The van der Waals surface area contributed by atoms with E-state index in [0.717, 1.165) is 0 Å². The molecule has 0 aliphatic rings. The van der Waals surface area contributed by atoms with Crippen LogP contribution in [0.2, 0.25) is 0 Å². The van der Waals surface area contributed by atoms with Crippen molar-refractivity contribution in [3.05, 3.63) is 23.8 Å². The van der Waals surface area contributed by atoms with E-state index in [4.69, 9.17) is 5.26 Å². The Morgan fingerprint density at radius 2 is 2.15 bits per heavy atom. The Morgan fingerprint density at radius 3 is 2.69 bits per heavy atom. The van der Waals surface area contributed by atoms with E-state index in [9.17, 15) is 5.11 Å². The molecule has 0 saturated carbocycles. The fraction of sp³-hybridized carbons (Fsp3) is 0.300. The zero-order valence-corrected chi connectivity index (χ0v) is 7.70. The van der Waals surface area contributed by atoms with E-state index in [1.54, 1.807) is 12.1 Å². The van der Waals surface area contributed by atoms with Crippen molar-refractivity contribution in [1.82, 2.24) is 0 Å². The van der Waals surface area contributed by atoms with Gasteiger partial charge in [0, 0.05) is 6.04 Å². The third-order valence-corrected chi connectivity index (χ3v) is 1.57. The number of nitrogens with one attached hydrogen (secondary N) is 1. The first kappa shape index (κ1) is 9.40. The first-order chi connectivity index (χ1) is 6.13. The van der Waals surface area contributed by atoms with Gasteiger partial charge in [0.25, 0.3) is 0 Å². The zero-order chi connectivity index (χ0) is 9.84. The highest BCUT2D eigenvalue weighted by atomic mass is 16.3. The van der Waals surface area contributed by atoms with Gasteiger partial charge in [0.2, 0.25) is 0 Å². The molecule has 68 valence electrons.